The summed E-state index contributed by atoms with van der Waals surface area (Å²) >= 11 is 5.82. The van der Waals surface area contributed by atoms with Gasteiger partial charge in [0.25, 0.3) is 10.0 Å². The molecule has 0 spiro atoms. The van der Waals surface area contributed by atoms with E-state index >= 15 is 0 Å². The summed E-state index contributed by atoms with van der Waals surface area (Å²) in [4.78, 5) is 4.70. The normalized spacial score (nSPS) is 11.3. The van der Waals surface area contributed by atoms with Crippen molar-refractivity contribution in [2.24, 2.45) is 0 Å². The Balaban J connectivity index is 1.47. The van der Waals surface area contributed by atoms with E-state index in [1.54, 1.807) is 24.3 Å². The Hall–Kier alpha value is -3.09. The van der Waals surface area contributed by atoms with Crippen LogP contribution in [0.3, 0.4) is 0 Å². The minimum atomic E-state index is -3.71. The maximum absolute atomic E-state index is 12.5. The monoisotopic (exact) mass is 424 g/mol. The molecule has 7 heteroatoms. The fraction of sp³-hybridized carbons (Fsp3) is 0.0455. The SMILES string of the molecule is O=S(=O)(Nc1cccc(OCc2ccc3ccccc3n2)c1)c1ccc(Cl)cc1. The van der Waals surface area contributed by atoms with Gasteiger partial charge in [-0.1, -0.05) is 41.9 Å². The molecule has 4 aromatic rings. The van der Waals surface area contributed by atoms with Crippen molar-refractivity contribution in [1.82, 2.24) is 4.98 Å². The van der Waals surface area contributed by atoms with Gasteiger partial charge in [-0.2, -0.15) is 0 Å². The summed E-state index contributed by atoms with van der Waals surface area (Å²) in [6.07, 6.45) is 0. The van der Waals surface area contributed by atoms with Gasteiger partial charge in [0, 0.05) is 16.5 Å². The Kier molecular flexibility index (Phi) is 5.38. The van der Waals surface area contributed by atoms with Crippen LogP contribution in [-0.2, 0) is 16.6 Å². The van der Waals surface area contributed by atoms with Crippen LogP contribution in [-0.4, -0.2) is 13.4 Å². The second-order valence-corrected chi connectivity index (χ2v) is 8.49. The Labute approximate surface area is 174 Å². The number of hydrogen-bond donors (Lipinski definition) is 1. The van der Waals surface area contributed by atoms with Crippen LogP contribution in [0.15, 0.2) is 89.8 Å². The molecule has 29 heavy (non-hydrogen) atoms. The number of pyridine rings is 1. The second kappa shape index (κ2) is 8.11. The number of benzene rings is 3. The molecule has 0 radical (unpaired) electrons. The summed E-state index contributed by atoms with van der Waals surface area (Å²) in [7, 11) is -3.71. The predicted octanol–water partition coefficient (Wildman–Crippen LogP) is 5.27. The van der Waals surface area contributed by atoms with Crippen LogP contribution >= 0.6 is 11.6 Å². The third-order valence-electron chi connectivity index (χ3n) is 4.25. The highest BCUT2D eigenvalue weighted by Crippen LogP contribution is 2.23. The molecule has 0 atom stereocenters. The number of nitrogens with one attached hydrogen (secondary N) is 1. The average Bonchev–Trinajstić information content (AvgIpc) is 2.72. The van der Waals surface area contributed by atoms with Crippen molar-refractivity contribution < 1.29 is 13.2 Å². The summed E-state index contributed by atoms with van der Waals surface area (Å²) in [5, 5.41) is 1.54. The van der Waals surface area contributed by atoms with Gasteiger partial charge in [-0.3, -0.25) is 4.72 Å². The topological polar surface area (TPSA) is 68.3 Å². The van der Waals surface area contributed by atoms with Gasteiger partial charge >= 0.3 is 0 Å². The van der Waals surface area contributed by atoms with Gasteiger partial charge in [0.2, 0.25) is 0 Å². The molecule has 4 rings (SSSR count). The summed E-state index contributed by atoms with van der Waals surface area (Å²) in [5.74, 6) is 0.538. The maximum Gasteiger partial charge on any atom is 0.261 e. The Morgan fingerprint density at radius 1 is 0.897 bits per heavy atom. The van der Waals surface area contributed by atoms with Crippen LogP contribution in [0.25, 0.3) is 10.9 Å². The zero-order valence-electron chi connectivity index (χ0n) is 15.2. The van der Waals surface area contributed by atoms with Gasteiger partial charge in [-0.25, -0.2) is 13.4 Å². The Morgan fingerprint density at radius 3 is 2.52 bits per heavy atom. The molecule has 0 aliphatic carbocycles. The molecule has 1 aromatic heterocycles. The molecule has 0 bridgehead atoms. The molecular formula is C22H17ClN2O3S. The number of ether oxygens (including phenoxy) is 1. The van der Waals surface area contributed by atoms with Crippen molar-refractivity contribution in [2.75, 3.05) is 4.72 Å². The number of sulfonamides is 1. The van der Waals surface area contributed by atoms with E-state index in [2.05, 4.69) is 9.71 Å². The molecule has 0 saturated carbocycles. The van der Waals surface area contributed by atoms with Crippen LogP contribution in [0.5, 0.6) is 5.75 Å². The minimum Gasteiger partial charge on any atom is -0.487 e. The van der Waals surface area contributed by atoms with Crippen LogP contribution < -0.4 is 9.46 Å². The number of rotatable bonds is 6. The number of hydrogen-bond acceptors (Lipinski definition) is 4. The molecule has 146 valence electrons. The second-order valence-electron chi connectivity index (χ2n) is 6.37. The lowest BCUT2D eigenvalue weighted by molar-refractivity contribution is 0.302. The zero-order chi connectivity index (χ0) is 20.3. The molecule has 0 aliphatic rings. The molecule has 5 nitrogen and oxygen atoms in total. The molecule has 0 unspecified atom stereocenters. The van der Waals surface area contributed by atoms with Crippen LogP contribution in [0.2, 0.25) is 5.02 Å². The van der Waals surface area contributed by atoms with E-state index < -0.39 is 10.0 Å². The van der Waals surface area contributed by atoms with Crippen molar-refractivity contribution >= 4 is 38.2 Å². The average molecular weight is 425 g/mol. The maximum atomic E-state index is 12.5. The minimum absolute atomic E-state index is 0.133. The fourth-order valence-electron chi connectivity index (χ4n) is 2.82. The molecule has 3 aromatic carbocycles. The highest BCUT2D eigenvalue weighted by molar-refractivity contribution is 7.92. The molecule has 0 fully saturated rings. The number of para-hydroxylation sites is 1. The molecule has 1 N–H and O–H groups in total. The van der Waals surface area contributed by atoms with Crippen LogP contribution in [0, 0.1) is 0 Å². The van der Waals surface area contributed by atoms with Crippen molar-refractivity contribution in [3.8, 4) is 5.75 Å². The van der Waals surface area contributed by atoms with Crippen molar-refractivity contribution in [2.45, 2.75) is 11.5 Å². The Morgan fingerprint density at radius 2 is 1.69 bits per heavy atom. The van der Waals surface area contributed by atoms with E-state index in [0.29, 0.717) is 16.5 Å². The lowest BCUT2D eigenvalue weighted by atomic mass is 10.2. The molecular weight excluding hydrogens is 408 g/mol. The highest BCUT2D eigenvalue weighted by atomic mass is 35.5. The third-order valence-corrected chi connectivity index (χ3v) is 5.90. The van der Waals surface area contributed by atoms with Gasteiger partial charge in [0.1, 0.15) is 12.4 Å². The number of anilines is 1. The van der Waals surface area contributed by atoms with E-state index in [9.17, 15) is 8.42 Å². The Bertz CT molecular complexity index is 1260. The van der Waals surface area contributed by atoms with Gasteiger partial charge in [-0.05, 0) is 48.5 Å². The summed E-state index contributed by atoms with van der Waals surface area (Å²) in [5.41, 5.74) is 2.10. The van der Waals surface area contributed by atoms with Gasteiger partial charge in [0.05, 0.1) is 21.8 Å². The van der Waals surface area contributed by atoms with Gasteiger partial charge in [-0.15, -0.1) is 0 Å². The van der Waals surface area contributed by atoms with E-state index in [1.807, 2.05) is 36.4 Å². The molecule has 0 aliphatic heterocycles. The summed E-state index contributed by atoms with van der Waals surface area (Å²) in [6.45, 7) is 0.276. The third kappa shape index (κ3) is 4.67. The van der Waals surface area contributed by atoms with Crippen LogP contribution in [0.1, 0.15) is 5.69 Å². The largest absolute Gasteiger partial charge is 0.487 e. The molecule has 0 saturated heterocycles. The first kappa shape index (κ1) is 19.2. The van der Waals surface area contributed by atoms with E-state index in [1.165, 1.54) is 24.3 Å². The first-order chi connectivity index (χ1) is 14.0. The molecule has 0 amide bonds. The van der Waals surface area contributed by atoms with E-state index in [4.69, 9.17) is 16.3 Å². The van der Waals surface area contributed by atoms with Crippen molar-refractivity contribution in [3.63, 3.8) is 0 Å². The van der Waals surface area contributed by atoms with Crippen molar-refractivity contribution in [3.05, 3.63) is 95.6 Å². The highest BCUT2D eigenvalue weighted by Gasteiger charge is 2.14. The van der Waals surface area contributed by atoms with E-state index in [-0.39, 0.29) is 11.5 Å². The summed E-state index contributed by atoms with van der Waals surface area (Å²) in [6, 6.07) is 24.5. The van der Waals surface area contributed by atoms with E-state index in [0.717, 1.165) is 16.6 Å². The predicted molar refractivity (Wildman–Crippen MR) is 115 cm³/mol. The number of aromatic nitrogens is 1. The van der Waals surface area contributed by atoms with Crippen molar-refractivity contribution in [1.29, 1.82) is 0 Å². The lowest BCUT2D eigenvalue weighted by Crippen LogP contribution is -2.12. The number of fused-ring (bicyclic) bond motifs is 1. The fourth-order valence-corrected chi connectivity index (χ4v) is 4.00. The zero-order valence-corrected chi connectivity index (χ0v) is 16.8. The number of nitrogens with zero attached hydrogens (tertiary/aromatic N) is 1. The smallest absolute Gasteiger partial charge is 0.261 e. The lowest BCUT2D eigenvalue weighted by Gasteiger charge is -2.11. The molecule has 1 heterocycles. The van der Waals surface area contributed by atoms with Gasteiger partial charge < -0.3 is 4.74 Å². The van der Waals surface area contributed by atoms with Crippen LogP contribution in [0.4, 0.5) is 5.69 Å². The number of halogens is 1. The first-order valence-electron chi connectivity index (χ1n) is 8.85. The summed E-state index contributed by atoms with van der Waals surface area (Å²) < 4.78 is 33.4. The standard InChI is InChI=1S/C22H17ClN2O3S/c23-17-9-12-21(13-10-17)29(26,27)25-18-5-3-6-20(14-18)28-15-19-11-8-16-4-1-2-7-22(16)24-19/h1-14,25H,15H2. The van der Waals surface area contributed by atoms with Gasteiger partial charge in [0.15, 0.2) is 0 Å². The quantitative estimate of drug-likeness (QED) is 0.458. The first-order valence-corrected chi connectivity index (χ1v) is 10.7.